The molecule has 2 fully saturated rings. The SMILES string of the molecule is O=C1C[C@H](c2nc(-c3cccnn3)no2)CN1C1CCCC1. The van der Waals surface area contributed by atoms with Crippen molar-refractivity contribution in [1.29, 1.82) is 0 Å². The van der Waals surface area contributed by atoms with E-state index in [4.69, 9.17) is 4.52 Å². The molecule has 2 aromatic rings. The largest absolute Gasteiger partial charge is 0.339 e. The average Bonchev–Trinajstić information content (AvgIpc) is 3.28. The van der Waals surface area contributed by atoms with E-state index in [1.807, 2.05) is 4.90 Å². The van der Waals surface area contributed by atoms with Crippen LogP contribution < -0.4 is 0 Å². The van der Waals surface area contributed by atoms with Crippen LogP contribution in [0.1, 0.15) is 43.9 Å². The lowest BCUT2D eigenvalue weighted by Crippen LogP contribution is -2.34. The van der Waals surface area contributed by atoms with Crippen molar-refractivity contribution < 1.29 is 9.32 Å². The summed E-state index contributed by atoms with van der Waals surface area (Å²) in [5.41, 5.74) is 0.578. The molecular formula is C15H17N5O2. The molecule has 1 saturated heterocycles. The standard InChI is InChI=1S/C15H17N5O2/c21-13-8-10(9-20(13)11-4-1-2-5-11)15-17-14(19-22-15)12-6-3-7-16-18-12/h3,6-7,10-11H,1-2,4-5,8-9H2/t10-/m0/s1. The monoisotopic (exact) mass is 299 g/mol. The highest BCUT2D eigenvalue weighted by molar-refractivity contribution is 5.80. The molecule has 0 N–H and O–H groups in total. The summed E-state index contributed by atoms with van der Waals surface area (Å²) < 4.78 is 5.35. The molecule has 0 aromatic carbocycles. The van der Waals surface area contributed by atoms with E-state index >= 15 is 0 Å². The summed E-state index contributed by atoms with van der Waals surface area (Å²) in [6.07, 6.45) is 6.73. The van der Waals surface area contributed by atoms with E-state index in [-0.39, 0.29) is 11.8 Å². The smallest absolute Gasteiger partial charge is 0.232 e. The van der Waals surface area contributed by atoms with E-state index < -0.39 is 0 Å². The summed E-state index contributed by atoms with van der Waals surface area (Å²) in [5.74, 6) is 1.14. The first-order valence-electron chi connectivity index (χ1n) is 7.72. The Balaban J connectivity index is 1.51. The molecule has 3 heterocycles. The van der Waals surface area contributed by atoms with Crippen LogP contribution in [-0.4, -0.2) is 43.7 Å². The Kier molecular flexibility index (Phi) is 3.32. The van der Waals surface area contributed by atoms with Gasteiger partial charge in [-0.2, -0.15) is 10.1 Å². The summed E-state index contributed by atoms with van der Waals surface area (Å²) in [6.45, 7) is 0.686. The Morgan fingerprint density at radius 2 is 2.14 bits per heavy atom. The molecule has 0 bridgehead atoms. The van der Waals surface area contributed by atoms with Crippen LogP contribution in [0.3, 0.4) is 0 Å². The van der Waals surface area contributed by atoms with Crippen LogP contribution in [0.25, 0.3) is 11.5 Å². The molecule has 22 heavy (non-hydrogen) atoms. The molecule has 2 aromatic heterocycles. The molecule has 0 radical (unpaired) electrons. The predicted molar refractivity (Wildman–Crippen MR) is 76.7 cm³/mol. The fraction of sp³-hybridized carbons (Fsp3) is 0.533. The lowest BCUT2D eigenvalue weighted by Gasteiger charge is -2.23. The molecule has 1 amide bonds. The van der Waals surface area contributed by atoms with Crippen molar-refractivity contribution in [3.8, 4) is 11.5 Å². The van der Waals surface area contributed by atoms with Gasteiger partial charge in [-0.3, -0.25) is 4.79 Å². The molecule has 7 heteroatoms. The molecule has 1 aliphatic heterocycles. The molecule has 4 rings (SSSR count). The van der Waals surface area contributed by atoms with Crippen molar-refractivity contribution in [2.24, 2.45) is 0 Å². The molecule has 114 valence electrons. The highest BCUT2D eigenvalue weighted by atomic mass is 16.5. The normalized spacial score (nSPS) is 22.6. The first kappa shape index (κ1) is 13.4. The summed E-state index contributed by atoms with van der Waals surface area (Å²) in [5, 5.41) is 11.7. The maximum atomic E-state index is 12.2. The van der Waals surface area contributed by atoms with Crippen LogP contribution >= 0.6 is 0 Å². The van der Waals surface area contributed by atoms with Crippen LogP contribution in [0.5, 0.6) is 0 Å². The number of likely N-dealkylation sites (tertiary alicyclic amines) is 1. The van der Waals surface area contributed by atoms with Gasteiger partial charge < -0.3 is 9.42 Å². The Labute approximate surface area is 127 Å². The third-order valence-electron chi connectivity index (χ3n) is 4.52. The second kappa shape index (κ2) is 5.47. The lowest BCUT2D eigenvalue weighted by molar-refractivity contribution is -0.129. The molecule has 1 atom stereocenters. The number of carbonyl (C=O) groups excluding carboxylic acids is 1. The fourth-order valence-corrected chi connectivity index (χ4v) is 3.39. The Hall–Kier alpha value is -2.31. The van der Waals surface area contributed by atoms with E-state index in [0.717, 1.165) is 12.8 Å². The van der Waals surface area contributed by atoms with Gasteiger partial charge in [-0.05, 0) is 25.0 Å². The van der Waals surface area contributed by atoms with Crippen molar-refractivity contribution in [2.75, 3.05) is 6.54 Å². The molecular weight excluding hydrogens is 282 g/mol. The molecule has 7 nitrogen and oxygen atoms in total. The van der Waals surface area contributed by atoms with Crippen LogP contribution in [-0.2, 0) is 4.79 Å². The van der Waals surface area contributed by atoms with Crippen LogP contribution in [0.15, 0.2) is 22.9 Å². The minimum atomic E-state index is -0.00831. The minimum Gasteiger partial charge on any atom is -0.339 e. The third kappa shape index (κ3) is 2.36. The van der Waals surface area contributed by atoms with Crippen LogP contribution in [0, 0.1) is 0 Å². The van der Waals surface area contributed by atoms with Gasteiger partial charge in [-0.15, -0.1) is 5.10 Å². The number of carbonyl (C=O) groups is 1. The molecule has 1 aliphatic carbocycles. The number of hydrogen-bond acceptors (Lipinski definition) is 6. The second-order valence-corrected chi connectivity index (χ2v) is 5.95. The maximum Gasteiger partial charge on any atom is 0.232 e. The third-order valence-corrected chi connectivity index (χ3v) is 4.52. The van der Waals surface area contributed by atoms with Gasteiger partial charge in [0.1, 0.15) is 5.69 Å². The topological polar surface area (TPSA) is 85.0 Å². The summed E-state index contributed by atoms with van der Waals surface area (Å²) in [6, 6.07) is 3.96. The summed E-state index contributed by atoms with van der Waals surface area (Å²) >= 11 is 0. The average molecular weight is 299 g/mol. The highest BCUT2D eigenvalue weighted by Gasteiger charge is 2.38. The van der Waals surface area contributed by atoms with Crippen molar-refractivity contribution in [3.63, 3.8) is 0 Å². The summed E-state index contributed by atoms with van der Waals surface area (Å²) in [4.78, 5) is 18.6. The van der Waals surface area contributed by atoms with E-state index in [0.29, 0.717) is 36.4 Å². The Morgan fingerprint density at radius 1 is 1.27 bits per heavy atom. The van der Waals surface area contributed by atoms with Crippen LogP contribution in [0.2, 0.25) is 0 Å². The van der Waals surface area contributed by atoms with Gasteiger partial charge >= 0.3 is 0 Å². The summed E-state index contributed by atoms with van der Waals surface area (Å²) in [7, 11) is 0. The number of amides is 1. The van der Waals surface area contributed by atoms with Gasteiger partial charge in [0.25, 0.3) is 0 Å². The number of hydrogen-bond donors (Lipinski definition) is 0. The zero-order chi connectivity index (χ0) is 14.9. The van der Waals surface area contributed by atoms with E-state index in [2.05, 4.69) is 20.3 Å². The quantitative estimate of drug-likeness (QED) is 0.859. The zero-order valence-electron chi connectivity index (χ0n) is 12.2. The van der Waals surface area contributed by atoms with Gasteiger partial charge in [-0.1, -0.05) is 18.0 Å². The Morgan fingerprint density at radius 3 is 2.91 bits per heavy atom. The fourth-order valence-electron chi connectivity index (χ4n) is 3.39. The molecule has 1 saturated carbocycles. The van der Waals surface area contributed by atoms with E-state index in [9.17, 15) is 4.79 Å². The van der Waals surface area contributed by atoms with Gasteiger partial charge in [0.05, 0.1) is 5.92 Å². The molecule has 2 aliphatic rings. The molecule has 0 unspecified atom stereocenters. The molecule has 0 spiro atoms. The van der Waals surface area contributed by atoms with Gasteiger partial charge in [-0.25, -0.2) is 0 Å². The van der Waals surface area contributed by atoms with Crippen molar-refractivity contribution in [1.82, 2.24) is 25.2 Å². The van der Waals surface area contributed by atoms with Crippen molar-refractivity contribution in [3.05, 3.63) is 24.2 Å². The highest BCUT2D eigenvalue weighted by Crippen LogP contribution is 2.33. The number of rotatable bonds is 3. The zero-order valence-corrected chi connectivity index (χ0v) is 12.2. The van der Waals surface area contributed by atoms with Crippen molar-refractivity contribution >= 4 is 5.91 Å². The first-order valence-corrected chi connectivity index (χ1v) is 7.72. The minimum absolute atomic E-state index is 0.00831. The van der Waals surface area contributed by atoms with E-state index in [1.54, 1.807) is 18.3 Å². The van der Waals surface area contributed by atoms with Gasteiger partial charge in [0, 0.05) is 25.2 Å². The maximum absolute atomic E-state index is 12.2. The Bertz CT molecular complexity index is 666. The second-order valence-electron chi connectivity index (χ2n) is 5.95. The number of nitrogens with zero attached hydrogens (tertiary/aromatic N) is 5. The number of aromatic nitrogens is 4. The predicted octanol–water partition coefficient (Wildman–Crippen LogP) is 1.79. The van der Waals surface area contributed by atoms with Gasteiger partial charge in [0.15, 0.2) is 0 Å². The first-order chi connectivity index (χ1) is 10.8. The van der Waals surface area contributed by atoms with E-state index in [1.165, 1.54) is 12.8 Å². The lowest BCUT2D eigenvalue weighted by atomic mass is 10.1. The van der Waals surface area contributed by atoms with Gasteiger partial charge in [0.2, 0.25) is 17.6 Å². The van der Waals surface area contributed by atoms with Crippen molar-refractivity contribution in [2.45, 2.75) is 44.1 Å². The van der Waals surface area contributed by atoms with Crippen LogP contribution in [0.4, 0.5) is 0 Å².